The molecule has 2 heterocycles. The second-order valence-corrected chi connectivity index (χ2v) is 4.76. The molecule has 0 unspecified atom stereocenters. The summed E-state index contributed by atoms with van der Waals surface area (Å²) in [6.45, 7) is 4.44. The highest BCUT2D eigenvalue weighted by atomic mass is 16.2. The number of nitrogens with zero attached hydrogens (tertiary/aromatic N) is 2. The minimum absolute atomic E-state index is 0.101. The summed E-state index contributed by atoms with van der Waals surface area (Å²) in [5, 5.41) is 3.27. The van der Waals surface area contributed by atoms with Crippen molar-refractivity contribution in [2.75, 3.05) is 39.3 Å². The molecule has 0 aromatic carbocycles. The molecule has 96 valence electrons. The molecule has 1 N–H and O–H groups in total. The number of carbonyl (C=O) groups excluding carboxylic acids is 2. The van der Waals surface area contributed by atoms with Crippen molar-refractivity contribution in [1.29, 1.82) is 0 Å². The van der Waals surface area contributed by atoms with Crippen LogP contribution in [0, 0.1) is 0 Å². The van der Waals surface area contributed by atoms with E-state index in [0.717, 1.165) is 52.0 Å². The first-order chi connectivity index (χ1) is 8.27. The number of nitrogens with one attached hydrogen (secondary N) is 1. The largest absolute Gasteiger partial charge is 0.340 e. The van der Waals surface area contributed by atoms with Crippen molar-refractivity contribution in [2.24, 2.45) is 0 Å². The van der Waals surface area contributed by atoms with Crippen LogP contribution in [0.3, 0.4) is 0 Å². The lowest BCUT2D eigenvalue weighted by Gasteiger charge is -2.29. The van der Waals surface area contributed by atoms with Gasteiger partial charge >= 0.3 is 0 Å². The van der Waals surface area contributed by atoms with Crippen LogP contribution in [0.2, 0.25) is 0 Å². The summed E-state index contributed by atoms with van der Waals surface area (Å²) in [5.41, 5.74) is 0. The normalized spacial score (nSPS) is 22.5. The number of carbonyl (C=O) groups is 2. The van der Waals surface area contributed by atoms with Gasteiger partial charge in [-0.05, 0) is 25.8 Å². The van der Waals surface area contributed by atoms with Crippen LogP contribution in [-0.2, 0) is 9.59 Å². The van der Waals surface area contributed by atoms with E-state index in [9.17, 15) is 9.59 Å². The van der Waals surface area contributed by atoms with Crippen molar-refractivity contribution in [3.63, 3.8) is 0 Å². The van der Waals surface area contributed by atoms with E-state index in [1.54, 1.807) is 4.90 Å². The van der Waals surface area contributed by atoms with Crippen LogP contribution < -0.4 is 5.32 Å². The van der Waals surface area contributed by atoms with Gasteiger partial charge in [-0.15, -0.1) is 0 Å². The number of piperidine rings is 1. The highest BCUT2D eigenvalue weighted by molar-refractivity contribution is 5.85. The van der Waals surface area contributed by atoms with Crippen LogP contribution in [0.5, 0.6) is 0 Å². The first kappa shape index (κ1) is 12.4. The van der Waals surface area contributed by atoms with Gasteiger partial charge in [0.05, 0.1) is 6.54 Å². The van der Waals surface area contributed by atoms with Gasteiger partial charge in [-0.2, -0.15) is 0 Å². The molecule has 0 radical (unpaired) electrons. The van der Waals surface area contributed by atoms with Crippen LogP contribution in [-0.4, -0.2) is 60.9 Å². The Morgan fingerprint density at radius 1 is 1.12 bits per heavy atom. The summed E-state index contributed by atoms with van der Waals surface area (Å²) in [4.78, 5) is 27.3. The second-order valence-electron chi connectivity index (χ2n) is 4.76. The first-order valence-electron chi connectivity index (χ1n) is 6.53. The zero-order valence-corrected chi connectivity index (χ0v) is 10.3. The number of rotatable bonds is 2. The third-order valence-corrected chi connectivity index (χ3v) is 3.44. The molecular weight excluding hydrogens is 218 g/mol. The molecule has 17 heavy (non-hydrogen) atoms. The van der Waals surface area contributed by atoms with E-state index in [4.69, 9.17) is 0 Å². The van der Waals surface area contributed by atoms with E-state index in [1.807, 2.05) is 4.90 Å². The van der Waals surface area contributed by atoms with E-state index < -0.39 is 0 Å². The molecule has 5 heteroatoms. The molecule has 0 aliphatic carbocycles. The summed E-state index contributed by atoms with van der Waals surface area (Å²) in [7, 11) is 0. The molecule has 2 aliphatic heterocycles. The van der Waals surface area contributed by atoms with Crippen molar-refractivity contribution >= 4 is 11.8 Å². The molecule has 0 atom stereocenters. The quantitative estimate of drug-likeness (QED) is 0.727. The molecule has 0 saturated carbocycles. The molecule has 0 aromatic rings. The van der Waals surface area contributed by atoms with Crippen molar-refractivity contribution in [3.05, 3.63) is 0 Å². The third-order valence-electron chi connectivity index (χ3n) is 3.44. The Balaban J connectivity index is 1.84. The molecule has 2 amide bonds. The third kappa shape index (κ3) is 3.43. The Bertz CT molecular complexity index is 285. The Kier molecular flexibility index (Phi) is 4.36. The van der Waals surface area contributed by atoms with E-state index in [0.29, 0.717) is 6.42 Å². The first-order valence-corrected chi connectivity index (χ1v) is 6.53. The van der Waals surface area contributed by atoms with Gasteiger partial charge in [0.1, 0.15) is 0 Å². The van der Waals surface area contributed by atoms with E-state index in [1.165, 1.54) is 0 Å². The number of hydrogen-bond acceptors (Lipinski definition) is 3. The molecule has 2 saturated heterocycles. The topological polar surface area (TPSA) is 52.7 Å². The lowest BCUT2D eigenvalue weighted by atomic mass is 10.1. The Hall–Kier alpha value is -1.10. The molecule has 2 rings (SSSR count). The van der Waals surface area contributed by atoms with Crippen molar-refractivity contribution in [3.8, 4) is 0 Å². The smallest absolute Gasteiger partial charge is 0.242 e. The zero-order valence-electron chi connectivity index (χ0n) is 10.3. The van der Waals surface area contributed by atoms with Crippen LogP contribution in [0.1, 0.15) is 25.7 Å². The average Bonchev–Trinajstić information content (AvgIpc) is 2.61. The van der Waals surface area contributed by atoms with Gasteiger partial charge in [-0.1, -0.05) is 0 Å². The lowest BCUT2D eigenvalue weighted by Crippen LogP contribution is -2.45. The fourth-order valence-electron chi connectivity index (χ4n) is 2.39. The average molecular weight is 239 g/mol. The molecule has 2 aliphatic rings. The van der Waals surface area contributed by atoms with Gasteiger partial charge in [0.2, 0.25) is 11.8 Å². The van der Waals surface area contributed by atoms with Gasteiger partial charge in [-0.25, -0.2) is 0 Å². The fraction of sp³-hybridized carbons (Fsp3) is 0.833. The van der Waals surface area contributed by atoms with Crippen molar-refractivity contribution < 1.29 is 9.59 Å². The zero-order chi connectivity index (χ0) is 12.1. The summed E-state index contributed by atoms with van der Waals surface area (Å²) in [6.07, 6.45) is 3.60. The lowest BCUT2D eigenvalue weighted by molar-refractivity contribution is -0.141. The predicted octanol–water partition coefficient (Wildman–Crippen LogP) is -0.179. The molecule has 0 aromatic heterocycles. The number of likely N-dealkylation sites (tertiary alicyclic amines) is 1. The predicted molar refractivity (Wildman–Crippen MR) is 64.5 cm³/mol. The highest BCUT2D eigenvalue weighted by Gasteiger charge is 2.23. The minimum Gasteiger partial charge on any atom is -0.340 e. The fourth-order valence-corrected chi connectivity index (χ4v) is 2.39. The van der Waals surface area contributed by atoms with Gasteiger partial charge in [0.15, 0.2) is 0 Å². The van der Waals surface area contributed by atoms with Crippen molar-refractivity contribution in [2.45, 2.75) is 25.7 Å². The molecule has 5 nitrogen and oxygen atoms in total. The van der Waals surface area contributed by atoms with E-state index >= 15 is 0 Å². The Morgan fingerprint density at radius 3 is 2.82 bits per heavy atom. The standard InChI is InChI=1S/C12H21N3O2/c16-11-4-1-2-7-15(11)10-12(17)14-8-3-5-13-6-9-14/h13H,1-10H2. The molecular formula is C12H21N3O2. The van der Waals surface area contributed by atoms with E-state index in [2.05, 4.69) is 5.32 Å². The summed E-state index contributed by atoms with van der Waals surface area (Å²) in [5.74, 6) is 0.237. The maximum absolute atomic E-state index is 12.1. The van der Waals surface area contributed by atoms with Gasteiger partial charge in [0, 0.05) is 32.6 Å². The van der Waals surface area contributed by atoms with Crippen LogP contribution in [0.25, 0.3) is 0 Å². The maximum Gasteiger partial charge on any atom is 0.242 e. The van der Waals surface area contributed by atoms with Crippen LogP contribution >= 0.6 is 0 Å². The number of hydrogen-bond donors (Lipinski definition) is 1. The Labute approximate surface area is 102 Å². The maximum atomic E-state index is 12.1. The monoisotopic (exact) mass is 239 g/mol. The number of amides is 2. The minimum atomic E-state index is 0.101. The summed E-state index contributed by atoms with van der Waals surface area (Å²) < 4.78 is 0. The van der Waals surface area contributed by atoms with Crippen LogP contribution in [0.15, 0.2) is 0 Å². The second kappa shape index (κ2) is 6.00. The van der Waals surface area contributed by atoms with Gasteiger partial charge in [-0.3, -0.25) is 9.59 Å². The molecule has 2 fully saturated rings. The Morgan fingerprint density at radius 2 is 2.00 bits per heavy atom. The summed E-state index contributed by atoms with van der Waals surface area (Å²) >= 11 is 0. The molecule has 0 bridgehead atoms. The highest BCUT2D eigenvalue weighted by Crippen LogP contribution is 2.10. The SMILES string of the molecule is O=C(CN1CCCCC1=O)N1CCCNCC1. The van der Waals surface area contributed by atoms with Gasteiger partial charge < -0.3 is 15.1 Å². The van der Waals surface area contributed by atoms with Crippen molar-refractivity contribution in [1.82, 2.24) is 15.1 Å². The van der Waals surface area contributed by atoms with E-state index in [-0.39, 0.29) is 18.4 Å². The van der Waals surface area contributed by atoms with Gasteiger partial charge in [0.25, 0.3) is 0 Å². The van der Waals surface area contributed by atoms with Crippen LogP contribution in [0.4, 0.5) is 0 Å². The summed E-state index contributed by atoms with van der Waals surface area (Å²) in [6, 6.07) is 0. The molecule has 0 spiro atoms.